The minimum absolute atomic E-state index is 0.336. The summed E-state index contributed by atoms with van der Waals surface area (Å²) in [7, 11) is 0. The molecule has 20 heavy (non-hydrogen) atoms. The lowest BCUT2D eigenvalue weighted by Crippen LogP contribution is -2.01. The molecule has 2 rings (SSSR count). The second-order valence-electron chi connectivity index (χ2n) is 4.15. The number of rotatable bonds is 4. The standard InChI is InChI=1S/C15H12Br2N2O/c16-13-5-10(7-18)6-14(17)15(13)20-9-12-4-2-1-3-11(12)8-19/h1-6H,7,9,18H2. The molecule has 2 aromatic rings. The summed E-state index contributed by atoms with van der Waals surface area (Å²) in [6.45, 7) is 0.803. The number of nitriles is 1. The summed E-state index contributed by atoms with van der Waals surface area (Å²) in [4.78, 5) is 0. The normalized spacial score (nSPS) is 10.1. The van der Waals surface area contributed by atoms with Crippen LogP contribution in [0.5, 0.6) is 5.75 Å². The maximum absolute atomic E-state index is 9.06. The van der Waals surface area contributed by atoms with Crippen LogP contribution in [0.25, 0.3) is 0 Å². The summed E-state index contributed by atoms with van der Waals surface area (Å²) in [5.74, 6) is 0.704. The third-order valence-corrected chi connectivity index (χ3v) is 3.98. The Hall–Kier alpha value is -1.35. The van der Waals surface area contributed by atoms with Gasteiger partial charge in [0.1, 0.15) is 12.4 Å². The quantitative estimate of drug-likeness (QED) is 0.846. The van der Waals surface area contributed by atoms with Crippen molar-refractivity contribution in [2.75, 3.05) is 0 Å². The van der Waals surface area contributed by atoms with Crippen LogP contribution in [0.2, 0.25) is 0 Å². The molecule has 0 aliphatic rings. The number of nitrogens with two attached hydrogens (primary N) is 1. The van der Waals surface area contributed by atoms with Gasteiger partial charge in [-0.05, 0) is 55.6 Å². The number of halogens is 2. The molecule has 0 heterocycles. The van der Waals surface area contributed by atoms with Crippen LogP contribution in [0.4, 0.5) is 0 Å². The summed E-state index contributed by atoms with van der Waals surface area (Å²) in [5, 5.41) is 9.06. The van der Waals surface area contributed by atoms with Crippen molar-refractivity contribution in [3.05, 3.63) is 62.0 Å². The van der Waals surface area contributed by atoms with E-state index in [1.54, 1.807) is 6.07 Å². The third kappa shape index (κ3) is 3.40. The van der Waals surface area contributed by atoms with Crippen LogP contribution in [0.3, 0.4) is 0 Å². The van der Waals surface area contributed by atoms with E-state index in [4.69, 9.17) is 15.7 Å². The highest BCUT2D eigenvalue weighted by molar-refractivity contribution is 9.11. The number of benzene rings is 2. The smallest absolute Gasteiger partial charge is 0.148 e. The molecule has 102 valence electrons. The Morgan fingerprint density at radius 3 is 2.40 bits per heavy atom. The van der Waals surface area contributed by atoms with Crippen LogP contribution in [-0.4, -0.2) is 0 Å². The molecule has 0 aliphatic heterocycles. The molecule has 0 amide bonds. The zero-order valence-electron chi connectivity index (χ0n) is 10.6. The van der Waals surface area contributed by atoms with Crippen LogP contribution < -0.4 is 10.5 Å². The monoisotopic (exact) mass is 394 g/mol. The summed E-state index contributed by atoms with van der Waals surface area (Å²) >= 11 is 6.94. The summed E-state index contributed by atoms with van der Waals surface area (Å²) < 4.78 is 7.48. The SMILES string of the molecule is N#Cc1ccccc1COc1c(Br)cc(CN)cc1Br. The molecular weight excluding hydrogens is 384 g/mol. The van der Waals surface area contributed by atoms with E-state index in [9.17, 15) is 0 Å². The summed E-state index contributed by atoms with van der Waals surface area (Å²) in [5.41, 5.74) is 8.11. The Balaban J connectivity index is 2.22. The molecule has 0 saturated heterocycles. The van der Waals surface area contributed by atoms with Gasteiger partial charge < -0.3 is 10.5 Å². The highest BCUT2D eigenvalue weighted by Gasteiger charge is 2.10. The van der Waals surface area contributed by atoms with Gasteiger partial charge in [-0.3, -0.25) is 0 Å². The molecule has 0 atom stereocenters. The molecule has 5 heteroatoms. The Morgan fingerprint density at radius 1 is 1.15 bits per heavy atom. The minimum Gasteiger partial charge on any atom is -0.486 e. The van der Waals surface area contributed by atoms with Crippen molar-refractivity contribution in [3.8, 4) is 11.8 Å². The first-order valence-electron chi connectivity index (χ1n) is 5.94. The minimum atomic E-state index is 0.336. The lowest BCUT2D eigenvalue weighted by atomic mass is 10.1. The van der Waals surface area contributed by atoms with E-state index in [2.05, 4.69) is 37.9 Å². The average molecular weight is 396 g/mol. The van der Waals surface area contributed by atoms with E-state index in [1.165, 1.54) is 0 Å². The Morgan fingerprint density at radius 2 is 1.80 bits per heavy atom. The number of nitrogens with zero attached hydrogens (tertiary/aromatic N) is 1. The fourth-order valence-corrected chi connectivity index (χ4v) is 3.28. The molecule has 0 unspecified atom stereocenters. The van der Waals surface area contributed by atoms with E-state index >= 15 is 0 Å². The van der Waals surface area contributed by atoms with E-state index < -0.39 is 0 Å². The molecule has 3 nitrogen and oxygen atoms in total. The number of hydrogen-bond acceptors (Lipinski definition) is 3. The first-order valence-corrected chi connectivity index (χ1v) is 7.53. The zero-order valence-corrected chi connectivity index (χ0v) is 13.7. The van der Waals surface area contributed by atoms with Crippen molar-refractivity contribution in [2.24, 2.45) is 5.73 Å². The maximum atomic E-state index is 9.06. The summed E-state index contributed by atoms with van der Waals surface area (Å²) in [6.07, 6.45) is 0. The molecule has 0 aliphatic carbocycles. The molecule has 0 saturated carbocycles. The van der Waals surface area contributed by atoms with Crippen molar-refractivity contribution in [1.29, 1.82) is 5.26 Å². The fourth-order valence-electron chi connectivity index (χ4n) is 1.77. The van der Waals surface area contributed by atoms with Crippen LogP contribution in [0.1, 0.15) is 16.7 Å². The molecule has 0 spiro atoms. The second kappa shape index (κ2) is 6.89. The molecule has 2 aromatic carbocycles. The topological polar surface area (TPSA) is 59.0 Å². The fraction of sp³-hybridized carbons (Fsp3) is 0.133. The molecule has 0 bridgehead atoms. The van der Waals surface area contributed by atoms with Gasteiger partial charge in [0, 0.05) is 12.1 Å². The van der Waals surface area contributed by atoms with Gasteiger partial charge in [0.15, 0.2) is 0 Å². The third-order valence-electron chi connectivity index (χ3n) is 2.80. The van der Waals surface area contributed by atoms with E-state index in [0.29, 0.717) is 24.5 Å². The van der Waals surface area contributed by atoms with Gasteiger partial charge >= 0.3 is 0 Å². The van der Waals surface area contributed by atoms with Crippen molar-refractivity contribution in [3.63, 3.8) is 0 Å². The van der Waals surface area contributed by atoms with Gasteiger partial charge in [0.2, 0.25) is 0 Å². The van der Waals surface area contributed by atoms with Gasteiger partial charge in [-0.1, -0.05) is 18.2 Å². The van der Waals surface area contributed by atoms with Crippen molar-refractivity contribution >= 4 is 31.9 Å². The lowest BCUT2D eigenvalue weighted by molar-refractivity contribution is 0.302. The van der Waals surface area contributed by atoms with Gasteiger partial charge in [-0.15, -0.1) is 0 Å². The predicted octanol–water partition coefficient (Wildman–Crippen LogP) is 4.12. The van der Waals surface area contributed by atoms with E-state index in [0.717, 1.165) is 20.1 Å². The molecular formula is C15H12Br2N2O. The Bertz CT molecular complexity index is 642. The zero-order chi connectivity index (χ0) is 14.5. The Kier molecular flexibility index (Phi) is 5.18. The average Bonchev–Trinajstić information content (AvgIpc) is 2.46. The van der Waals surface area contributed by atoms with Crippen LogP contribution in [-0.2, 0) is 13.2 Å². The lowest BCUT2D eigenvalue weighted by Gasteiger charge is -2.12. The van der Waals surface area contributed by atoms with Gasteiger partial charge in [-0.2, -0.15) is 5.26 Å². The van der Waals surface area contributed by atoms with Crippen molar-refractivity contribution in [1.82, 2.24) is 0 Å². The number of hydrogen-bond donors (Lipinski definition) is 1. The molecule has 0 radical (unpaired) electrons. The number of ether oxygens (including phenoxy) is 1. The largest absolute Gasteiger partial charge is 0.486 e. The van der Waals surface area contributed by atoms with E-state index in [-0.39, 0.29) is 0 Å². The van der Waals surface area contributed by atoms with Crippen LogP contribution in [0, 0.1) is 11.3 Å². The van der Waals surface area contributed by atoms with Gasteiger partial charge in [0.25, 0.3) is 0 Å². The predicted molar refractivity (Wildman–Crippen MR) is 85.2 cm³/mol. The van der Waals surface area contributed by atoms with Gasteiger partial charge in [0.05, 0.1) is 20.6 Å². The maximum Gasteiger partial charge on any atom is 0.148 e. The van der Waals surface area contributed by atoms with Crippen LogP contribution in [0.15, 0.2) is 45.3 Å². The Labute approximate surface area is 134 Å². The van der Waals surface area contributed by atoms with Crippen molar-refractivity contribution < 1.29 is 4.74 Å². The highest BCUT2D eigenvalue weighted by Crippen LogP contribution is 2.35. The van der Waals surface area contributed by atoms with E-state index in [1.807, 2.05) is 30.3 Å². The highest BCUT2D eigenvalue weighted by atomic mass is 79.9. The molecule has 0 fully saturated rings. The first kappa shape index (κ1) is 15.0. The van der Waals surface area contributed by atoms with Gasteiger partial charge in [-0.25, -0.2) is 0 Å². The second-order valence-corrected chi connectivity index (χ2v) is 5.86. The molecule has 0 aromatic heterocycles. The van der Waals surface area contributed by atoms with Crippen molar-refractivity contribution in [2.45, 2.75) is 13.2 Å². The summed E-state index contributed by atoms with van der Waals surface area (Å²) in [6, 6.07) is 13.4. The first-order chi connectivity index (χ1) is 9.65. The molecule has 2 N–H and O–H groups in total. The van der Waals surface area contributed by atoms with Crippen LogP contribution >= 0.6 is 31.9 Å².